The van der Waals surface area contributed by atoms with Gasteiger partial charge in [0.25, 0.3) is 0 Å². The minimum atomic E-state index is 0.487. The lowest BCUT2D eigenvalue weighted by Crippen LogP contribution is -2.49. The molecule has 9 nitrogen and oxygen atoms in total. The van der Waals surface area contributed by atoms with Crippen LogP contribution in [0.1, 0.15) is 13.8 Å². The lowest BCUT2D eigenvalue weighted by Gasteiger charge is -2.37. The number of pyridine rings is 2. The predicted molar refractivity (Wildman–Crippen MR) is 135 cm³/mol. The summed E-state index contributed by atoms with van der Waals surface area (Å²) in [5, 5.41) is 0. The summed E-state index contributed by atoms with van der Waals surface area (Å²) < 4.78 is 5.52. The van der Waals surface area contributed by atoms with Crippen LogP contribution in [0.15, 0.2) is 42.7 Å². The summed E-state index contributed by atoms with van der Waals surface area (Å²) in [6, 6.07) is 10.5. The Bertz CT molecular complexity index is 1090. The van der Waals surface area contributed by atoms with Crippen molar-refractivity contribution in [2.24, 2.45) is 0 Å². The number of anilines is 3. The van der Waals surface area contributed by atoms with Gasteiger partial charge in [-0.15, -0.1) is 0 Å². The van der Waals surface area contributed by atoms with Crippen LogP contribution in [-0.2, 0) is 4.74 Å². The number of nitrogens with two attached hydrogens (primary N) is 1. The summed E-state index contributed by atoms with van der Waals surface area (Å²) in [6.45, 7) is 11.5. The molecule has 2 fully saturated rings. The van der Waals surface area contributed by atoms with E-state index >= 15 is 0 Å². The Balaban J connectivity index is 1.43. The monoisotopic (exact) mass is 460 g/mol. The molecule has 0 aromatic carbocycles. The van der Waals surface area contributed by atoms with Gasteiger partial charge in [-0.25, -0.2) is 19.9 Å². The van der Waals surface area contributed by atoms with Gasteiger partial charge < -0.3 is 20.3 Å². The second-order valence-corrected chi connectivity index (χ2v) is 9.03. The zero-order valence-corrected chi connectivity index (χ0v) is 19.9. The fraction of sp³-hybridized carbons (Fsp3) is 0.440. The molecular formula is C25H32N8O. The number of piperazine rings is 1. The van der Waals surface area contributed by atoms with Crippen LogP contribution in [0.4, 0.5) is 17.6 Å². The standard InChI is InChI=1S/C25H32N8O/c1-18(2)31-7-9-32(10-8-31)24-6-4-20(17-28-24)22-15-21(19-3-5-23(26)27-16-19)29-25(30-22)33-11-13-34-14-12-33/h3-6,15-18H,7-14H2,1-2H3,(H2,26,27). The molecule has 178 valence electrons. The Kier molecular flexibility index (Phi) is 6.55. The average molecular weight is 461 g/mol. The van der Waals surface area contributed by atoms with Gasteiger partial charge in [-0.3, -0.25) is 4.90 Å². The normalized spacial score (nSPS) is 17.4. The van der Waals surface area contributed by atoms with Crippen molar-refractivity contribution in [3.8, 4) is 22.5 Å². The van der Waals surface area contributed by atoms with Crippen LogP contribution >= 0.6 is 0 Å². The van der Waals surface area contributed by atoms with Crippen LogP contribution < -0.4 is 15.5 Å². The van der Waals surface area contributed by atoms with Crippen molar-refractivity contribution < 1.29 is 4.74 Å². The Labute approximate surface area is 200 Å². The molecule has 2 aliphatic rings. The largest absolute Gasteiger partial charge is 0.384 e. The molecule has 2 saturated heterocycles. The van der Waals surface area contributed by atoms with E-state index in [1.165, 1.54) is 0 Å². The Morgan fingerprint density at radius 1 is 0.794 bits per heavy atom. The van der Waals surface area contributed by atoms with Crippen molar-refractivity contribution in [3.05, 3.63) is 42.7 Å². The van der Waals surface area contributed by atoms with Crippen molar-refractivity contribution >= 4 is 17.6 Å². The van der Waals surface area contributed by atoms with E-state index in [4.69, 9.17) is 25.4 Å². The lowest BCUT2D eigenvalue weighted by atomic mass is 10.1. The third-order valence-electron chi connectivity index (χ3n) is 6.50. The number of ether oxygens (including phenoxy) is 1. The quantitative estimate of drug-likeness (QED) is 0.616. The van der Waals surface area contributed by atoms with Crippen LogP contribution in [-0.4, -0.2) is 83.4 Å². The van der Waals surface area contributed by atoms with Crippen LogP contribution in [0, 0.1) is 0 Å². The van der Waals surface area contributed by atoms with E-state index in [-0.39, 0.29) is 0 Å². The molecule has 0 atom stereocenters. The highest BCUT2D eigenvalue weighted by Gasteiger charge is 2.20. The Hall–Kier alpha value is -3.30. The van der Waals surface area contributed by atoms with E-state index in [1.807, 2.05) is 18.3 Å². The first-order valence-electron chi connectivity index (χ1n) is 12.0. The van der Waals surface area contributed by atoms with E-state index in [0.29, 0.717) is 31.0 Å². The third kappa shape index (κ3) is 4.95. The molecule has 0 amide bonds. The topological polar surface area (TPSA) is 96.5 Å². The fourth-order valence-electron chi connectivity index (χ4n) is 4.38. The number of rotatable bonds is 5. The van der Waals surface area contributed by atoms with Gasteiger partial charge in [0.1, 0.15) is 11.6 Å². The van der Waals surface area contributed by atoms with Gasteiger partial charge in [0.15, 0.2) is 0 Å². The van der Waals surface area contributed by atoms with Gasteiger partial charge in [-0.1, -0.05) is 0 Å². The molecule has 0 radical (unpaired) electrons. The molecule has 0 unspecified atom stereocenters. The minimum Gasteiger partial charge on any atom is -0.384 e. The molecule has 0 spiro atoms. The molecule has 3 aromatic heterocycles. The number of hydrogen-bond acceptors (Lipinski definition) is 9. The summed E-state index contributed by atoms with van der Waals surface area (Å²) in [6.07, 6.45) is 3.67. The first-order chi connectivity index (χ1) is 16.6. The maximum Gasteiger partial charge on any atom is 0.226 e. The Morgan fingerprint density at radius 2 is 1.44 bits per heavy atom. The smallest absolute Gasteiger partial charge is 0.226 e. The maximum atomic E-state index is 5.79. The summed E-state index contributed by atoms with van der Waals surface area (Å²) in [7, 11) is 0. The second kappa shape index (κ2) is 9.90. The molecule has 3 aromatic rings. The van der Waals surface area contributed by atoms with E-state index in [2.05, 4.69) is 45.7 Å². The lowest BCUT2D eigenvalue weighted by molar-refractivity contribution is 0.122. The molecule has 2 aliphatic heterocycles. The summed E-state index contributed by atoms with van der Waals surface area (Å²) in [4.78, 5) is 25.8. The second-order valence-electron chi connectivity index (χ2n) is 9.03. The van der Waals surface area contributed by atoms with Crippen LogP contribution in [0.3, 0.4) is 0 Å². The third-order valence-corrected chi connectivity index (χ3v) is 6.50. The molecule has 34 heavy (non-hydrogen) atoms. The zero-order chi connectivity index (χ0) is 23.5. The molecule has 0 aliphatic carbocycles. The predicted octanol–water partition coefficient (Wildman–Crippen LogP) is 2.55. The van der Waals surface area contributed by atoms with Gasteiger partial charge in [0.05, 0.1) is 24.6 Å². The fourth-order valence-corrected chi connectivity index (χ4v) is 4.38. The number of nitrogens with zero attached hydrogens (tertiary/aromatic N) is 7. The molecular weight excluding hydrogens is 428 g/mol. The van der Waals surface area contributed by atoms with Crippen molar-refractivity contribution in [3.63, 3.8) is 0 Å². The molecule has 5 heterocycles. The summed E-state index contributed by atoms with van der Waals surface area (Å²) >= 11 is 0. The average Bonchev–Trinajstić information content (AvgIpc) is 2.89. The van der Waals surface area contributed by atoms with Crippen LogP contribution in [0.5, 0.6) is 0 Å². The van der Waals surface area contributed by atoms with Gasteiger partial charge >= 0.3 is 0 Å². The SMILES string of the molecule is CC(C)N1CCN(c2ccc(-c3cc(-c4ccc(N)nc4)nc(N4CCOCC4)n3)cn2)CC1. The first kappa shape index (κ1) is 22.5. The van der Waals surface area contributed by atoms with Crippen molar-refractivity contribution in [1.29, 1.82) is 0 Å². The molecule has 2 N–H and O–H groups in total. The van der Waals surface area contributed by atoms with E-state index in [9.17, 15) is 0 Å². The molecule has 0 bridgehead atoms. The van der Waals surface area contributed by atoms with E-state index in [0.717, 1.165) is 67.6 Å². The van der Waals surface area contributed by atoms with Gasteiger partial charge in [-0.05, 0) is 44.2 Å². The summed E-state index contributed by atoms with van der Waals surface area (Å²) in [5.74, 6) is 2.19. The number of hydrogen-bond donors (Lipinski definition) is 1. The molecule has 5 rings (SSSR count). The number of aromatic nitrogens is 4. The number of morpholine rings is 1. The van der Waals surface area contributed by atoms with Gasteiger partial charge in [-0.2, -0.15) is 0 Å². The highest BCUT2D eigenvalue weighted by atomic mass is 16.5. The Morgan fingerprint density at radius 3 is 2.00 bits per heavy atom. The summed E-state index contributed by atoms with van der Waals surface area (Å²) in [5.41, 5.74) is 9.31. The van der Waals surface area contributed by atoms with Crippen molar-refractivity contribution in [1.82, 2.24) is 24.8 Å². The van der Waals surface area contributed by atoms with Crippen LogP contribution in [0.2, 0.25) is 0 Å². The van der Waals surface area contributed by atoms with Crippen LogP contribution in [0.25, 0.3) is 22.5 Å². The van der Waals surface area contributed by atoms with Gasteiger partial charge in [0.2, 0.25) is 5.95 Å². The van der Waals surface area contributed by atoms with Crippen molar-refractivity contribution in [2.45, 2.75) is 19.9 Å². The van der Waals surface area contributed by atoms with E-state index < -0.39 is 0 Å². The molecule has 9 heteroatoms. The number of nitrogen functional groups attached to an aromatic ring is 1. The molecule has 0 saturated carbocycles. The maximum absolute atomic E-state index is 5.79. The van der Waals surface area contributed by atoms with Gasteiger partial charge in [0, 0.05) is 68.8 Å². The minimum absolute atomic E-state index is 0.487. The van der Waals surface area contributed by atoms with Crippen molar-refractivity contribution in [2.75, 3.05) is 68.0 Å². The van der Waals surface area contributed by atoms with E-state index in [1.54, 1.807) is 12.3 Å². The first-order valence-corrected chi connectivity index (χ1v) is 12.0. The zero-order valence-electron chi connectivity index (χ0n) is 19.9. The highest BCUT2D eigenvalue weighted by molar-refractivity contribution is 5.70. The highest BCUT2D eigenvalue weighted by Crippen LogP contribution is 2.27.